The largest absolute Gasteiger partial charge is 0.396 e. The zero-order valence-electron chi connectivity index (χ0n) is 11.0. The fourth-order valence-corrected chi connectivity index (χ4v) is 2.15. The van der Waals surface area contributed by atoms with Crippen molar-refractivity contribution in [2.45, 2.75) is 45.1 Å². The minimum absolute atomic E-state index is 0.267. The van der Waals surface area contributed by atoms with Crippen molar-refractivity contribution in [1.82, 2.24) is 5.32 Å². The molecular weight excluding hydrogens is 210 g/mol. The summed E-state index contributed by atoms with van der Waals surface area (Å²) in [5, 5.41) is 12.6. The molecule has 0 amide bonds. The summed E-state index contributed by atoms with van der Waals surface area (Å²) >= 11 is 0. The van der Waals surface area contributed by atoms with Crippen molar-refractivity contribution in [3.05, 3.63) is 35.9 Å². The van der Waals surface area contributed by atoms with Gasteiger partial charge in [0, 0.05) is 12.6 Å². The van der Waals surface area contributed by atoms with Gasteiger partial charge in [-0.05, 0) is 37.3 Å². The second kappa shape index (κ2) is 8.26. The van der Waals surface area contributed by atoms with Gasteiger partial charge >= 0.3 is 0 Å². The van der Waals surface area contributed by atoms with Gasteiger partial charge in [-0.2, -0.15) is 0 Å². The van der Waals surface area contributed by atoms with Gasteiger partial charge in [-0.3, -0.25) is 0 Å². The van der Waals surface area contributed by atoms with Crippen LogP contribution < -0.4 is 5.32 Å². The Balaban J connectivity index is 2.48. The Kier molecular flexibility index (Phi) is 6.90. The summed E-state index contributed by atoms with van der Waals surface area (Å²) in [4.78, 5) is 0. The summed E-state index contributed by atoms with van der Waals surface area (Å²) < 4.78 is 0. The van der Waals surface area contributed by atoms with Crippen molar-refractivity contribution in [3.63, 3.8) is 0 Å². The highest BCUT2D eigenvalue weighted by atomic mass is 16.3. The Morgan fingerprint density at radius 3 is 2.53 bits per heavy atom. The third kappa shape index (κ3) is 5.33. The van der Waals surface area contributed by atoms with E-state index in [0.29, 0.717) is 12.0 Å². The molecule has 2 N–H and O–H groups in total. The van der Waals surface area contributed by atoms with Crippen LogP contribution in [0.1, 0.15) is 44.6 Å². The molecule has 1 aromatic rings. The smallest absolute Gasteiger partial charge is 0.0445 e. The van der Waals surface area contributed by atoms with Crippen molar-refractivity contribution in [1.29, 1.82) is 0 Å². The summed E-state index contributed by atoms with van der Waals surface area (Å²) in [6.07, 6.45) is 3.07. The zero-order chi connectivity index (χ0) is 12.5. The van der Waals surface area contributed by atoms with Crippen molar-refractivity contribution in [2.75, 3.05) is 13.2 Å². The van der Waals surface area contributed by atoms with Gasteiger partial charge in [0.2, 0.25) is 0 Å². The zero-order valence-corrected chi connectivity index (χ0v) is 11.0. The lowest BCUT2D eigenvalue weighted by atomic mass is 9.93. The Bertz CT molecular complexity index is 286. The van der Waals surface area contributed by atoms with Crippen LogP contribution in [0.4, 0.5) is 0 Å². The van der Waals surface area contributed by atoms with E-state index in [1.807, 2.05) is 0 Å². The van der Waals surface area contributed by atoms with Crippen molar-refractivity contribution < 1.29 is 5.11 Å². The maximum Gasteiger partial charge on any atom is 0.0445 e. The molecule has 0 bridgehead atoms. The molecule has 0 heterocycles. The molecule has 2 nitrogen and oxygen atoms in total. The molecule has 2 unspecified atom stereocenters. The average Bonchev–Trinajstić information content (AvgIpc) is 2.37. The first-order valence-electron chi connectivity index (χ1n) is 6.67. The van der Waals surface area contributed by atoms with Gasteiger partial charge in [0.25, 0.3) is 0 Å². The minimum atomic E-state index is 0.267. The van der Waals surface area contributed by atoms with Crippen LogP contribution in [0.5, 0.6) is 0 Å². The van der Waals surface area contributed by atoms with Gasteiger partial charge < -0.3 is 10.4 Å². The van der Waals surface area contributed by atoms with Gasteiger partial charge in [0.15, 0.2) is 0 Å². The van der Waals surface area contributed by atoms with Crippen LogP contribution in [-0.4, -0.2) is 24.3 Å². The standard InChI is InChI=1S/C15H25NO/c1-3-10-16-15(9-11-17)12-13(2)14-7-5-4-6-8-14/h4-8,13,15-17H,3,9-12H2,1-2H3. The molecular formula is C15H25NO. The first kappa shape index (κ1) is 14.2. The number of benzene rings is 1. The van der Waals surface area contributed by atoms with Crippen LogP contribution in [0.15, 0.2) is 30.3 Å². The van der Waals surface area contributed by atoms with Crippen LogP contribution in [0.2, 0.25) is 0 Å². The molecule has 0 aliphatic heterocycles. The van der Waals surface area contributed by atoms with E-state index in [2.05, 4.69) is 49.5 Å². The quantitative estimate of drug-likeness (QED) is 0.726. The second-order valence-electron chi connectivity index (χ2n) is 4.71. The molecule has 1 rings (SSSR count). The molecule has 0 aliphatic rings. The lowest BCUT2D eigenvalue weighted by Crippen LogP contribution is -2.32. The number of hydrogen-bond acceptors (Lipinski definition) is 2. The molecule has 0 aliphatic carbocycles. The highest BCUT2D eigenvalue weighted by molar-refractivity contribution is 5.18. The van der Waals surface area contributed by atoms with E-state index in [4.69, 9.17) is 5.11 Å². The molecule has 2 atom stereocenters. The summed E-state index contributed by atoms with van der Waals surface area (Å²) in [6.45, 7) is 5.73. The van der Waals surface area contributed by atoms with Crippen LogP contribution in [0.3, 0.4) is 0 Å². The predicted octanol–water partition coefficient (Wildman–Crippen LogP) is 2.93. The number of aliphatic hydroxyl groups is 1. The van der Waals surface area contributed by atoms with Crippen molar-refractivity contribution in [2.24, 2.45) is 0 Å². The van der Waals surface area contributed by atoms with Gasteiger partial charge in [-0.25, -0.2) is 0 Å². The van der Waals surface area contributed by atoms with Gasteiger partial charge in [-0.1, -0.05) is 44.2 Å². The van der Waals surface area contributed by atoms with Crippen LogP contribution in [-0.2, 0) is 0 Å². The molecule has 0 aromatic heterocycles. The predicted molar refractivity (Wildman–Crippen MR) is 73.3 cm³/mol. The van der Waals surface area contributed by atoms with Crippen molar-refractivity contribution >= 4 is 0 Å². The van der Waals surface area contributed by atoms with Crippen LogP contribution in [0.25, 0.3) is 0 Å². The number of hydrogen-bond donors (Lipinski definition) is 2. The SMILES string of the molecule is CCCNC(CCO)CC(C)c1ccccc1. The first-order chi connectivity index (χ1) is 8.27. The highest BCUT2D eigenvalue weighted by Gasteiger charge is 2.13. The number of rotatable bonds is 8. The maximum absolute atomic E-state index is 9.08. The van der Waals surface area contributed by atoms with Crippen molar-refractivity contribution in [3.8, 4) is 0 Å². The maximum atomic E-state index is 9.08. The van der Waals surface area contributed by atoms with Gasteiger partial charge in [-0.15, -0.1) is 0 Å². The molecule has 0 saturated carbocycles. The second-order valence-corrected chi connectivity index (χ2v) is 4.71. The molecule has 0 saturated heterocycles. The molecule has 0 radical (unpaired) electrons. The lowest BCUT2D eigenvalue weighted by molar-refractivity contribution is 0.257. The molecule has 96 valence electrons. The topological polar surface area (TPSA) is 32.3 Å². The molecule has 0 spiro atoms. The third-order valence-corrected chi connectivity index (χ3v) is 3.17. The fourth-order valence-electron chi connectivity index (χ4n) is 2.15. The van der Waals surface area contributed by atoms with E-state index in [1.165, 1.54) is 5.56 Å². The minimum Gasteiger partial charge on any atom is -0.396 e. The van der Waals surface area contributed by atoms with Gasteiger partial charge in [0.1, 0.15) is 0 Å². The molecule has 0 fully saturated rings. The summed E-state index contributed by atoms with van der Waals surface area (Å²) in [5.74, 6) is 0.539. The fraction of sp³-hybridized carbons (Fsp3) is 0.600. The van der Waals surface area contributed by atoms with E-state index >= 15 is 0 Å². The Hall–Kier alpha value is -0.860. The van der Waals surface area contributed by atoms with Gasteiger partial charge in [0.05, 0.1) is 0 Å². The van der Waals surface area contributed by atoms with E-state index in [-0.39, 0.29) is 6.61 Å². The monoisotopic (exact) mass is 235 g/mol. The Labute approximate surface area is 105 Å². The molecule has 1 aromatic carbocycles. The van der Waals surface area contributed by atoms with E-state index in [9.17, 15) is 0 Å². The first-order valence-corrected chi connectivity index (χ1v) is 6.67. The number of aliphatic hydroxyl groups excluding tert-OH is 1. The summed E-state index contributed by atoms with van der Waals surface area (Å²) in [7, 11) is 0. The Morgan fingerprint density at radius 2 is 1.94 bits per heavy atom. The van der Waals surface area contributed by atoms with Crippen LogP contribution >= 0.6 is 0 Å². The van der Waals surface area contributed by atoms with E-state index < -0.39 is 0 Å². The number of nitrogens with one attached hydrogen (secondary N) is 1. The van der Waals surface area contributed by atoms with E-state index in [0.717, 1.165) is 25.8 Å². The van der Waals surface area contributed by atoms with E-state index in [1.54, 1.807) is 0 Å². The van der Waals surface area contributed by atoms with Crippen LogP contribution in [0, 0.1) is 0 Å². The Morgan fingerprint density at radius 1 is 1.24 bits per heavy atom. The normalized spacial score (nSPS) is 14.5. The summed E-state index contributed by atoms with van der Waals surface area (Å²) in [6, 6.07) is 11.0. The average molecular weight is 235 g/mol. The highest BCUT2D eigenvalue weighted by Crippen LogP contribution is 2.21. The molecule has 2 heteroatoms. The lowest BCUT2D eigenvalue weighted by Gasteiger charge is -2.21. The molecule has 17 heavy (non-hydrogen) atoms. The third-order valence-electron chi connectivity index (χ3n) is 3.17. The summed E-state index contributed by atoms with van der Waals surface area (Å²) in [5.41, 5.74) is 1.38.